The number of hydrogen-bond donors (Lipinski definition) is 0. The zero-order chi connectivity index (χ0) is 15.7. The minimum Gasteiger partial charge on any atom is -0.488 e. The molecule has 7 heteroatoms. The van der Waals surface area contributed by atoms with E-state index in [0.717, 1.165) is 5.69 Å². The van der Waals surface area contributed by atoms with Crippen LogP contribution in [0.4, 0.5) is 0 Å². The van der Waals surface area contributed by atoms with E-state index in [0.29, 0.717) is 18.8 Å². The van der Waals surface area contributed by atoms with Gasteiger partial charge in [-0.1, -0.05) is 23.7 Å². The molecule has 0 N–H and O–H groups in total. The maximum atomic E-state index is 12.5. The van der Waals surface area contributed by atoms with Crippen LogP contribution in [0.1, 0.15) is 5.69 Å². The summed E-state index contributed by atoms with van der Waals surface area (Å²) in [5, 5.41) is 0.233. The second-order valence-corrected chi connectivity index (χ2v) is 7.44. The largest absolute Gasteiger partial charge is 0.488 e. The van der Waals surface area contributed by atoms with E-state index in [1.54, 1.807) is 30.5 Å². The maximum absolute atomic E-state index is 12.5. The molecule has 2 heterocycles. The number of rotatable bonds is 4. The molecule has 0 radical (unpaired) electrons. The Hall–Kier alpha value is -1.63. The highest BCUT2D eigenvalue weighted by Gasteiger charge is 2.38. The summed E-state index contributed by atoms with van der Waals surface area (Å²) in [5.74, 6) is 0.701. The van der Waals surface area contributed by atoms with Gasteiger partial charge in [-0.3, -0.25) is 4.98 Å². The van der Waals surface area contributed by atoms with Crippen LogP contribution < -0.4 is 4.74 Å². The molecular formula is C15H15ClN2O3S. The number of nitrogens with zero attached hydrogens (tertiary/aromatic N) is 2. The first-order chi connectivity index (χ1) is 10.5. The zero-order valence-electron chi connectivity index (χ0n) is 11.9. The highest BCUT2D eigenvalue weighted by atomic mass is 35.5. The van der Waals surface area contributed by atoms with Crippen molar-refractivity contribution in [1.29, 1.82) is 0 Å². The summed E-state index contributed by atoms with van der Waals surface area (Å²) in [6, 6.07) is 10.0. The fourth-order valence-electron chi connectivity index (χ4n) is 2.25. The molecule has 0 bridgehead atoms. The van der Waals surface area contributed by atoms with Gasteiger partial charge in [0.25, 0.3) is 0 Å². The Morgan fingerprint density at radius 3 is 2.68 bits per heavy atom. The first kappa shape index (κ1) is 15.3. The van der Waals surface area contributed by atoms with Gasteiger partial charge >= 0.3 is 0 Å². The molecule has 1 aliphatic heterocycles. The number of aromatic nitrogens is 1. The third-order valence-electron chi connectivity index (χ3n) is 3.44. The normalized spacial score (nSPS) is 16.3. The van der Waals surface area contributed by atoms with Crippen LogP contribution in [-0.2, 0) is 10.0 Å². The third-order valence-corrected chi connectivity index (χ3v) is 5.77. The van der Waals surface area contributed by atoms with Gasteiger partial charge < -0.3 is 4.74 Å². The van der Waals surface area contributed by atoms with Crippen LogP contribution in [0, 0.1) is 6.92 Å². The lowest BCUT2D eigenvalue weighted by Gasteiger charge is -2.37. The fraction of sp³-hybridized carbons (Fsp3) is 0.267. The number of hydrogen-bond acceptors (Lipinski definition) is 4. The van der Waals surface area contributed by atoms with Gasteiger partial charge in [-0.2, -0.15) is 4.31 Å². The van der Waals surface area contributed by atoms with Crippen molar-refractivity contribution in [2.75, 3.05) is 13.1 Å². The van der Waals surface area contributed by atoms with E-state index in [2.05, 4.69) is 4.98 Å². The van der Waals surface area contributed by atoms with Gasteiger partial charge in [0.2, 0.25) is 10.0 Å². The van der Waals surface area contributed by atoms with E-state index in [4.69, 9.17) is 16.3 Å². The fourth-order valence-corrected chi connectivity index (χ4v) is 4.25. The van der Waals surface area contributed by atoms with Crippen LogP contribution in [0.3, 0.4) is 0 Å². The Morgan fingerprint density at radius 2 is 2.00 bits per heavy atom. The summed E-state index contributed by atoms with van der Waals surface area (Å²) in [7, 11) is -3.56. The van der Waals surface area contributed by atoms with Crippen LogP contribution in [0.2, 0.25) is 5.02 Å². The highest BCUT2D eigenvalue weighted by Crippen LogP contribution is 2.28. The molecule has 0 spiro atoms. The lowest BCUT2D eigenvalue weighted by atomic mass is 10.2. The Bertz CT molecular complexity index is 789. The number of halogens is 1. The molecule has 0 amide bonds. The zero-order valence-corrected chi connectivity index (χ0v) is 13.5. The standard InChI is InChI=1S/C15H15ClN2O3S/c1-11-8-12(6-7-17-11)21-13-9-18(10-13)22(19,20)15-5-3-2-4-14(15)16/h2-8,13H,9-10H2,1H3. The second kappa shape index (κ2) is 5.87. The molecule has 0 aliphatic carbocycles. The van der Waals surface area contributed by atoms with Gasteiger partial charge in [-0.15, -0.1) is 0 Å². The van der Waals surface area contributed by atoms with Crippen molar-refractivity contribution in [3.8, 4) is 5.75 Å². The molecule has 1 fully saturated rings. The molecule has 22 heavy (non-hydrogen) atoms. The summed E-state index contributed by atoms with van der Waals surface area (Å²) in [6.07, 6.45) is 1.51. The van der Waals surface area contributed by atoms with Crippen LogP contribution in [-0.4, -0.2) is 36.9 Å². The van der Waals surface area contributed by atoms with E-state index in [-0.39, 0.29) is 16.0 Å². The van der Waals surface area contributed by atoms with Gasteiger partial charge in [0.1, 0.15) is 16.7 Å². The quantitative estimate of drug-likeness (QED) is 0.859. The molecule has 0 atom stereocenters. The summed E-state index contributed by atoms with van der Waals surface area (Å²) in [6.45, 7) is 2.51. The second-order valence-electron chi connectivity index (χ2n) is 5.13. The molecule has 1 aromatic carbocycles. The van der Waals surface area contributed by atoms with Gasteiger partial charge in [-0.25, -0.2) is 8.42 Å². The predicted molar refractivity (Wildman–Crippen MR) is 83.6 cm³/mol. The molecule has 2 aromatic rings. The summed E-state index contributed by atoms with van der Waals surface area (Å²) in [5.41, 5.74) is 0.859. The van der Waals surface area contributed by atoms with Crippen molar-refractivity contribution in [3.63, 3.8) is 0 Å². The van der Waals surface area contributed by atoms with Crippen LogP contribution in [0.25, 0.3) is 0 Å². The SMILES string of the molecule is Cc1cc(OC2CN(S(=O)(=O)c3ccccc3Cl)C2)ccn1. The Labute approximate surface area is 134 Å². The number of benzene rings is 1. The summed E-state index contributed by atoms with van der Waals surface area (Å²) in [4.78, 5) is 4.23. The van der Waals surface area contributed by atoms with E-state index in [1.165, 1.54) is 10.4 Å². The molecule has 116 valence electrons. The lowest BCUT2D eigenvalue weighted by molar-refractivity contribution is 0.0761. The lowest BCUT2D eigenvalue weighted by Crippen LogP contribution is -2.56. The Morgan fingerprint density at radius 1 is 1.27 bits per heavy atom. The molecule has 5 nitrogen and oxygen atoms in total. The van der Waals surface area contributed by atoms with Crippen molar-refractivity contribution in [2.45, 2.75) is 17.9 Å². The van der Waals surface area contributed by atoms with Crippen molar-refractivity contribution < 1.29 is 13.2 Å². The van der Waals surface area contributed by atoms with E-state index in [9.17, 15) is 8.42 Å². The van der Waals surface area contributed by atoms with Gasteiger partial charge in [0, 0.05) is 18.0 Å². The van der Waals surface area contributed by atoms with Crippen LogP contribution in [0.5, 0.6) is 5.75 Å². The molecule has 0 saturated carbocycles. The Kier molecular flexibility index (Phi) is 4.08. The van der Waals surface area contributed by atoms with Crippen molar-refractivity contribution >= 4 is 21.6 Å². The summed E-state index contributed by atoms with van der Waals surface area (Å²) >= 11 is 5.97. The first-order valence-corrected chi connectivity index (χ1v) is 8.62. The smallest absolute Gasteiger partial charge is 0.244 e. The minimum absolute atomic E-state index is 0.134. The maximum Gasteiger partial charge on any atom is 0.244 e. The number of sulfonamides is 1. The average Bonchev–Trinajstić information content (AvgIpc) is 2.42. The topological polar surface area (TPSA) is 59.5 Å². The third kappa shape index (κ3) is 2.95. The van der Waals surface area contributed by atoms with E-state index < -0.39 is 10.0 Å². The Balaban J connectivity index is 1.67. The summed E-state index contributed by atoms with van der Waals surface area (Å²) < 4.78 is 32.0. The van der Waals surface area contributed by atoms with Gasteiger partial charge in [-0.05, 0) is 25.1 Å². The highest BCUT2D eigenvalue weighted by molar-refractivity contribution is 7.89. The molecular weight excluding hydrogens is 324 g/mol. The van der Waals surface area contributed by atoms with Gasteiger partial charge in [0.05, 0.1) is 18.1 Å². The molecule has 1 saturated heterocycles. The predicted octanol–water partition coefficient (Wildman–Crippen LogP) is 2.50. The van der Waals surface area contributed by atoms with Crippen LogP contribution >= 0.6 is 11.6 Å². The first-order valence-electron chi connectivity index (χ1n) is 6.81. The molecule has 1 aliphatic rings. The minimum atomic E-state index is -3.56. The van der Waals surface area contributed by atoms with Crippen molar-refractivity contribution in [2.24, 2.45) is 0 Å². The van der Waals surface area contributed by atoms with Crippen LogP contribution in [0.15, 0.2) is 47.5 Å². The number of aryl methyl sites for hydroxylation is 1. The molecule has 0 unspecified atom stereocenters. The average molecular weight is 339 g/mol. The molecule has 3 rings (SSSR count). The van der Waals surface area contributed by atoms with Crippen molar-refractivity contribution in [3.05, 3.63) is 53.3 Å². The monoisotopic (exact) mass is 338 g/mol. The number of pyridine rings is 1. The van der Waals surface area contributed by atoms with Crippen molar-refractivity contribution in [1.82, 2.24) is 9.29 Å². The van der Waals surface area contributed by atoms with E-state index >= 15 is 0 Å². The van der Waals surface area contributed by atoms with E-state index in [1.807, 2.05) is 13.0 Å². The molecule has 1 aromatic heterocycles. The van der Waals surface area contributed by atoms with Gasteiger partial charge in [0.15, 0.2) is 0 Å². The number of ether oxygens (including phenoxy) is 1.